The molecule has 0 spiro atoms. The Morgan fingerprint density at radius 2 is 1.90 bits per heavy atom. The highest BCUT2D eigenvalue weighted by Crippen LogP contribution is 2.21. The number of anilines is 1. The van der Waals surface area contributed by atoms with Crippen molar-refractivity contribution in [3.05, 3.63) is 46.7 Å². The van der Waals surface area contributed by atoms with Crippen molar-refractivity contribution in [3.63, 3.8) is 0 Å². The van der Waals surface area contributed by atoms with E-state index in [-0.39, 0.29) is 11.6 Å². The molecule has 0 saturated carbocycles. The lowest BCUT2D eigenvalue weighted by atomic mass is 10.1. The minimum atomic E-state index is -1.11. The summed E-state index contributed by atoms with van der Waals surface area (Å²) in [6.07, 6.45) is 1.30. The number of carbonyl (C=O) groups excluding carboxylic acids is 1. The number of rotatable bonds is 3. The first-order valence-corrected chi connectivity index (χ1v) is 5.97. The lowest BCUT2D eigenvalue weighted by Crippen LogP contribution is -2.14. The van der Waals surface area contributed by atoms with Gasteiger partial charge in [-0.05, 0) is 32.9 Å². The van der Waals surface area contributed by atoms with Crippen molar-refractivity contribution in [3.8, 4) is 0 Å². The number of furan rings is 1. The molecule has 2 heterocycles. The van der Waals surface area contributed by atoms with Crippen molar-refractivity contribution < 1.29 is 19.1 Å². The van der Waals surface area contributed by atoms with E-state index >= 15 is 0 Å². The number of carboxylic acids is 1. The Labute approximate surface area is 115 Å². The molecule has 0 fully saturated rings. The molecule has 0 aliphatic carbocycles. The van der Waals surface area contributed by atoms with E-state index in [1.807, 2.05) is 6.92 Å². The Hall–Kier alpha value is -2.63. The van der Waals surface area contributed by atoms with Gasteiger partial charge in [-0.25, -0.2) is 9.78 Å². The number of carboxylic acid groups (broad SMARTS) is 1. The summed E-state index contributed by atoms with van der Waals surface area (Å²) in [5, 5.41) is 11.4. The fourth-order valence-electron chi connectivity index (χ4n) is 1.92. The van der Waals surface area contributed by atoms with Crippen molar-refractivity contribution in [1.29, 1.82) is 0 Å². The van der Waals surface area contributed by atoms with Crippen LogP contribution in [0, 0.1) is 20.8 Å². The standard InChI is InChI=1S/C14H14N2O4/c1-7-8(2)20-9(3)12(7)13(17)16-10-4-5-11(14(18)19)15-6-10/h4-6H,1-3H3,(H,16,17)(H,18,19). The van der Waals surface area contributed by atoms with E-state index in [1.54, 1.807) is 13.8 Å². The molecule has 6 heteroatoms. The van der Waals surface area contributed by atoms with E-state index in [0.29, 0.717) is 22.8 Å². The molecule has 0 aliphatic heterocycles. The number of pyridine rings is 1. The first kappa shape index (κ1) is 13.8. The maximum atomic E-state index is 12.2. The highest BCUT2D eigenvalue weighted by atomic mass is 16.4. The average molecular weight is 274 g/mol. The second-order valence-corrected chi connectivity index (χ2v) is 4.41. The number of nitrogens with one attached hydrogen (secondary N) is 1. The third kappa shape index (κ3) is 2.54. The highest BCUT2D eigenvalue weighted by Gasteiger charge is 2.18. The van der Waals surface area contributed by atoms with Crippen LogP contribution in [0.2, 0.25) is 0 Å². The predicted octanol–water partition coefficient (Wildman–Crippen LogP) is 2.55. The number of aromatic carboxylic acids is 1. The van der Waals surface area contributed by atoms with Crippen LogP contribution in [-0.2, 0) is 0 Å². The Bertz CT molecular complexity index is 671. The Morgan fingerprint density at radius 1 is 1.20 bits per heavy atom. The molecule has 0 unspecified atom stereocenters. The zero-order valence-electron chi connectivity index (χ0n) is 11.4. The zero-order chi connectivity index (χ0) is 14.9. The topological polar surface area (TPSA) is 92.4 Å². The van der Waals surface area contributed by atoms with Gasteiger partial charge in [-0.15, -0.1) is 0 Å². The van der Waals surface area contributed by atoms with Gasteiger partial charge in [0.2, 0.25) is 0 Å². The minimum Gasteiger partial charge on any atom is -0.477 e. The Morgan fingerprint density at radius 3 is 2.35 bits per heavy atom. The Kier molecular flexibility index (Phi) is 3.56. The lowest BCUT2D eigenvalue weighted by molar-refractivity contribution is 0.0690. The van der Waals surface area contributed by atoms with E-state index in [1.165, 1.54) is 18.3 Å². The summed E-state index contributed by atoms with van der Waals surface area (Å²) in [5.41, 5.74) is 1.63. The van der Waals surface area contributed by atoms with Crippen LogP contribution in [0.15, 0.2) is 22.7 Å². The number of nitrogens with zero attached hydrogens (tertiary/aromatic N) is 1. The number of amides is 1. The molecule has 2 aromatic heterocycles. The number of aryl methyl sites for hydroxylation is 2. The molecule has 0 saturated heterocycles. The number of carbonyl (C=O) groups is 2. The van der Waals surface area contributed by atoms with Gasteiger partial charge < -0.3 is 14.8 Å². The van der Waals surface area contributed by atoms with Crippen molar-refractivity contribution in [1.82, 2.24) is 4.98 Å². The number of hydrogen-bond acceptors (Lipinski definition) is 4. The molecule has 2 N–H and O–H groups in total. The molecule has 2 aromatic rings. The highest BCUT2D eigenvalue weighted by molar-refractivity contribution is 6.06. The SMILES string of the molecule is Cc1oc(C)c(C(=O)Nc2ccc(C(=O)O)nc2)c1C. The molecule has 0 bridgehead atoms. The van der Waals surface area contributed by atoms with Gasteiger partial charge in [0.1, 0.15) is 17.2 Å². The van der Waals surface area contributed by atoms with Crippen LogP contribution in [0.25, 0.3) is 0 Å². The predicted molar refractivity (Wildman–Crippen MR) is 72.1 cm³/mol. The quantitative estimate of drug-likeness (QED) is 0.897. The summed E-state index contributed by atoms with van der Waals surface area (Å²) >= 11 is 0. The first-order chi connectivity index (χ1) is 9.40. The normalized spacial score (nSPS) is 10.3. The van der Waals surface area contributed by atoms with Crippen LogP contribution < -0.4 is 5.32 Å². The molecular weight excluding hydrogens is 260 g/mol. The third-order valence-electron chi connectivity index (χ3n) is 3.03. The molecule has 6 nitrogen and oxygen atoms in total. The zero-order valence-corrected chi connectivity index (χ0v) is 11.4. The molecular formula is C14H14N2O4. The molecule has 0 aromatic carbocycles. The first-order valence-electron chi connectivity index (χ1n) is 5.97. The van der Waals surface area contributed by atoms with Crippen LogP contribution in [-0.4, -0.2) is 22.0 Å². The van der Waals surface area contributed by atoms with Gasteiger partial charge >= 0.3 is 5.97 Å². The lowest BCUT2D eigenvalue weighted by Gasteiger charge is -2.05. The van der Waals surface area contributed by atoms with E-state index in [9.17, 15) is 9.59 Å². The molecule has 0 atom stereocenters. The van der Waals surface area contributed by atoms with Gasteiger partial charge in [0.25, 0.3) is 5.91 Å². The van der Waals surface area contributed by atoms with E-state index in [4.69, 9.17) is 9.52 Å². The summed E-state index contributed by atoms with van der Waals surface area (Å²) in [6.45, 7) is 5.33. The molecule has 2 rings (SSSR count). The molecule has 20 heavy (non-hydrogen) atoms. The van der Waals surface area contributed by atoms with Crippen LogP contribution in [0.1, 0.15) is 37.9 Å². The van der Waals surface area contributed by atoms with E-state index in [2.05, 4.69) is 10.3 Å². The van der Waals surface area contributed by atoms with Crippen LogP contribution in [0.3, 0.4) is 0 Å². The van der Waals surface area contributed by atoms with Crippen molar-refractivity contribution >= 4 is 17.6 Å². The van der Waals surface area contributed by atoms with Gasteiger partial charge in [0.05, 0.1) is 17.4 Å². The summed E-state index contributed by atoms with van der Waals surface area (Å²) in [7, 11) is 0. The van der Waals surface area contributed by atoms with Crippen LogP contribution in [0.5, 0.6) is 0 Å². The largest absolute Gasteiger partial charge is 0.477 e. The van der Waals surface area contributed by atoms with Gasteiger partial charge in [0.15, 0.2) is 0 Å². The molecule has 0 aliphatic rings. The average Bonchev–Trinajstić information content (AvgIpc) is 2.63. The van der Waals surface area contributed by atoms with Gasteiger partial charge in [-0.1, -0.05) is 0 Å². The van der Waals surface area contributed by atoms with Gasteiger partial charge in [-0.3, -0.25) is 4.79 Å². The van der Waals surface area contributed by atoms with E-state index < -0.39 is 5.97 Å². The fraction of sp³-hybridized carbons (Fsp3) is 0.214. The summed E-state index contributed by atoms with van der Waals surface area (Å²) in [5.74, 6) is -0.165. The summed E-state index contributed by atoms with van der Waals surface area (Å²) < 4.78 is 5.40. The smallest absolute Gasteiger partial charge is 0.354 e. The third-order valence-corrected chi connectivity index (χ3v) is 3.03. The molecule has 104 valence electrons. The van der Waals surface area contributed by atoms with Gasteiger partial charge in [-0.2, -0.15) is 0 Å². The maximum Gasteiger partial charge on any atom is 0.354 e. The second-order valence-electron chi connectivity index (χ2n) is 4.41. The van der Waals surface area contributed by atoms with Crippen molar-refractivity contribution in [2.24, 2.45) is 0 Å². The number of aromatic nitrogens is 1. The van der Waals surface area contributed by atoms with Crippen molar-refractivity contribution in [2.45, 2.75) is 20.8 Å². The summed E-state index contributed by atoms with van der Waals surface area (Å²) in [4.78, 5) is 26.6. The fourth-order valence-corrected chi connectivity index (χ4v) is 1.92. The molecule has 0 radical (unpaired) electrons. The van der Waals surface area contributed by atoms with Gasteiger partial charge in [0, 0.05) is 5.56 Å². The second kappa shape index (κ2) is 5.16. The maximum absolute atomic E-state index is 12.2. The van der Waals surface area contributed by atoms with Crippen LogP contribution in [0.4, 0.5) is 5.69 Å². The summed E-state index contributed by atoms with van der Waals surface area (Å²) in [6, 6.07) is 2.82. The van der Waals surface area contributed by atoms with Crippen LogP contribution >= 0.6 is 0 Å². The van der Waals surface area contributed by atoms with Crippen molar-refractivity contribution in [2.75, 3.05) is 5.32 Å². The minimum absolute atomic E-state index is 0.0745. The number of hydrogen-bond donors (Lipinski definition) is 2. The van der Waals surface area contributed by atoms with E-state index in [0.717, 1.165) is 5.56 Å². The monoisotopic (exact) mass is 274 g/mol. The molecule has 1 amide bonds. The Balaban J connectivity index is 2.21.